The van der Waals surface area contributed by atoms with Crippen LogP contribution in [0, 0.1) is 5.92 Å². The number of methoxy groups -OCH3 is 1. The van der Waals surface area contributed by atoms with Gasteiger partial charge in [0.2, 0.25) is 5.91 Å². The van der Waals surface area contributed by atoms with Gasteiger partial charge in [-0.1, -0.05) is 30.0 Å². The monoisotopic (exact) mass is 305 g/mol. The number of carbonyl (C=O) groups excluding carboxylic acids is 2. The molecule has 1 aliphatic carbocycles. The highest BCUT2D eigenvalue weighted by Crippen LogP contribution is 2.38. The molecule has 1 N–H and O–H groups in total. The maximum Gasteiger partial charge on any atom is 0.309 e. The molecule has 1 amide bonds. The first kappa shape index (κ1) is 15.6. The van der Waals surface area contributed by atoms with Gasteiger partial charge in [0.15, 0.2) is 0 Å². The maximum absolute atomic E-state index is 11.7. The molecule has 1 atom stereocenters. The van der Waals surface area contributed by atoms with E-state index in [4.69, 9.17) is 4.74 Å². The predicted octanol–water partition coefficient (Wildman–Crippen LogP) is 3.10. The van der Waals surface area contributed by atoms with Crippen LogP contribution in [0.25, 0.3) is 0 Å². The molecule has 0 aromatic heterocycles. The molecule has 0 heterocycles. The Bertz CT molecular complexity index is 554. The van der Waals surface area contributed by atoms with Crippen LogP contribution in [-0.4, -0.2) is 19.0 Å². The van der Waals surface area contributed by atoms with E-state index in [9.17, 15) is 9.59 Å². The van der Waals surface area contributed by atoms with E-state index in [1.165, 1.54) is 14.0 Å². The Morgan fingerprint density at radius 2 is 2.00 bits per heavy atom. The lowest BCUT2D eigenvalue weighted by molar-refractivity contribution is -0.145. The lowest BCUT2D eigenvalue weighted by Crippen LogP contribution is -2.28. The third-order valence-electron chi connectivity index (χ3n) is 3.35. The summed E-state index contributed by atoms with van der Waals surface area (Å²) < 4.78 is 4.82. The van der Waals surface area contributed by atoms with Crippen molar-refractivity contribution in [2.24, 2.45) is 5.92 Å². The van der Waals surface area contributed by atoms with Crippen molar-refractivity contribution in [3.8, 4) is 0 Å². The number of nitrogens with one attached hydrogen (secondary N) is 1. The van der Waals surface area contributed by atoms with Crippen molar-refractivity contribution < 1.29 is 14.3 Å². The van der Waals surface area contributed by atoms with Crippen LogP contribution in [0.4, 0.5) is 0 Å². The highest BCUT2D eigenvalue weighted by Gasteiger charge is 2.28. The number of carbonyl (C=O) groups is 2. The molecule has 0 radical (unpaired) electrons. The van der Waals surface area contributed by atoms with Crippen molar-refractivity contribution in [2.45, 2.75) is 31.1 Å². The molecule has 4 nitrogen and oxygen atoms in total. The number of ether oxygens (including phenoxy) is 1. The minimum Gasteiger partial charge on any atom is -0.469 e. The zero-order valence-corrected chi connectivity index (χ0v) is 13.0. The largest absolute Gasteiger partial charge is 0.469 e. The number of benzene rings is 1. The zero-order chi connectivity index (χ0) is 15.2. The summed E-state index contributed by atoms with van der Waals surface area (Å²) in [6, 6.07) is 10.0. The lowest BCUT2D eigenvalue weighted by atomic mass is 9.92. The maximum atomic E-state index is 11.7. The first-order valence-corrected chi connectivity index (χ1v) is 7.72. The molecule has 0 spiro atoms. The van der Waals surface area contributed by atoms with Gasteiger partial charge in [0.1, 0.15) is 0 Å². The van der Waals surface area contributed by atoms with Gasteiger partial charge in [-0.3, -0.25) is 9.59 Å². The molecule has 0 saturated carbocycles. The Hall–Kier alpha value is -1.75. The first-order chi connectivity index (χ1) is 10.1. The van der Waals surface area contributed by atoms with Gasteiger partial charge in [-0.25, -0.2) is 0 Å². The van der Waals surface area contributed by atoms with E-state index >= 15 is 0 Å². The number of hydrogen-bond acceptors (Lipinski definition) is 4. The number of allylic oxidation sites excluding steroid dienone is 2. The molecule has 21 heavy (non-hydrogen) atoms. The summed E-state index contributed by atoms with van der Waals surface area (Å²) in [6.07, 6.45) is 2.06. The topological polar surface area (TPSA) is 55.4 Å². The molecule has 0 bridgehead atoms. The van der Waals surface area contributed by atoms with Crippen LogP contribution in [0.3, 0.4) is 0 Å². The fraction of sp³-hybridized carbons (Fsp3) is 0.375. The van der Waals surface area contributed by atoms with Crippen molar-refractivity contribution in [2.75, 3.05) is 7.11 Å². The second-order valence-electron chi connectivity index (χ2n) is 4.96. The van der Waals surface area contributed by atoms with Crippen molar-refractivity contribution >= 4 is 23.6 Å². The molecule has 0 aliphatic heterocycles. The molecule has 0 fully saturated rings. The van der Waals surface area contributed by atoms with Crippen LogP contribution < -0.4 is 5.32 Å². The average Bonchev–Trinajstić information content (AvgIpc) is 2.48. The van der Waals surface area contributed by atoms with Gasteiger partial charge in [0.25, 0.3) is 0 Å². The van der Waals surface area contributed by atoms with Gasteiger partial charge < -0.3 is 10.1 Å². The first-order valence-electron chi connectivity index (χ1n) is 6.90. The van der Waals surface area contributed by atoms with Crippen molar-refractivity contribution in [3.05, 3.63) is 40.9 Å². The molecule has 1 aromatic rings. The average molecular weight is 305 g/mol. The number of rotatable bonds is 4. The summed E-state index contributed by atoms with van der Waals surface area (Å²) in [4.78, 5) is 25.3. The highest BCUT2D eigenvalue weighted by molar-refractivity contribution is 8.03. The molecule has 112 valence electrons. The lowest BCUT2D eigenvalue weighted by Gasteiger charge is -2.25. The third kappa shape index (κ3) is 4.36. The van der Waals surface area contributed by atoms with Crippen LogP contribution in [0.2, 0.25) is 0 Å². The van der Waals surface area contributed by atoms with Crippen LogP contribution in [-0.2, 0) is 14.3 Å². The summed E-state index contributed by atoms with van der Waals surface area (Å²) in [6.45, 7) is 1.49. The second-order valence-corrected chi connectivity index (χ2v) is 6.13. The Morgan fingerprint density at radius 1 is 1.29 bits per heavy atom. The summed E-state index contributed by atoms with van der Waals surface area (Å²) in [7, 11) is 1.40. The normalized spacial score (nSPS) is 18.3. The zero-order valence-electron chi connectivity index (χ0n) is 12.2. The van der Waals surface area contributed by atoms with Gasteiger partial charge in [0, 0.05) is 28.8 Å². The molecule has 1 unspecified atom stereocenters. The van der Waals surface area contributed by atoms with E-state index in [1.807, 2.05) is 30.3 Å². The van der Waals surface area contributed by atoms with Crippen molar-refractivity contribution in [1.29, 1.82) is 0 Å². The Kier molecular flexibility index (Phi) is 5.44. The number of amides is 1. The van der Waals surface area contributed by atoms with E-state index in [-0.39, 0.29) is 17.8 Å². The van der Waals surface area contributed by atoms with Gasteiger partial charge in [-0.15, -0.1) is 0 Å². The minimum absolute atomic E-state index is 0.110. The second kappa shape index (κ2) is 7.31. The Balaban J connectivity index is 2.19. The summed E-state index contributed by atoms with van der Waals surface area (Å²) in [5.41, 5.74) is 0.845. The van der Waals surface area contributed by atoms with E-state index in [0.29, 0.717) is 6.42 Å². The van der Waals surface area contributed by atoms with Crippen LogP contribution in [0.5, 0.6) is 0 Å². The van der Waals surface area contributed by atoms with Crippen LogP contribution >= 0.6 is 11.8 Å². The van der Waals surface area contributed by atoms with Gasteiger partial charge in [-0.05, 0) is 25.0 Å². The third-order valence-corrected chi connectivity index (χ3v) is 4.56. The fourth-order valence-electron chi connectivity index (χ4n) is 2.36. The van der Waals surface area contributed by atoms with Gasteiger partial charge in [0.05, 0.1) is 13.0 Å². The van der Waals surface area contributed by atoms with Crippen molar-refractivity contribution in [1.82, 2.24) is 5.32 Å². The summed E-state index contributed by atoms with van der Waals surface area (Å²) in [5.74, 6) is -0.486. The predicted molar refractivity (Wildman–Crippen MR) is 82.5 cm³/mol. The number of esters is 1. The van der Waals surface area contributed by atoms with E-state index in [0.717, 1.165) is 28.3 Å². The highest BCUT2D eigenvalue weighted by atomic mass is 32.2. The molecular formula is C16H19NO3S. The van der Waals surface area contributed by atoms with E-state index < -0.39 is 0 Å². The Morgan fingerprint density at radius 3 is 2.62 bits per heavy atom. The molecule has 1 aromatic carbocycles. The van der Waals surface area contributed by atoms with Crippen LogP contribution in [0.1, 0.15) is 26.2 Å². The molecule has 0 saturated heterocycles. The smallest absolute Gasteiger partial charge is 0.309 e. The van der Waals surface area contributed by atoms with E-state index in [1.54, 1.807) is 11.8 Å². The van der Waals surface area contributed by atoms with Crippen molar-refractivity contribution in [3.63, 3.8) is 0 Å². The summed E-state index contributed by atoms with van der Waals surface area (Å²) in [5, 5.41) is 2.87. The SMILES string of the molecule is COC(=O)C1CCC(Sc2ccccc2)=C(NC(C)=O)C1. The van der Waals surface area contributed by atoms with E-state index in [2.05, 4.69) is 5.32 Å². The van der Waals surface area contributed by atoms with Gasteiger partial charge in [-0.2, -0.15) is 0 Å². The summed E-state index contributed by atoms with van der Waals surface area (Å²) >= 11 is 1.65. The fourth-order valence-corrected chi connectivity index (χ4v) is 3.42. The quantitative estimate of drug-likeness (QED) is 0.869. The van der Waals surface area contributed by atoms with Gasteiger partial charge >= 0.3 is 5.97 Å². The number of hydrogen-bond donors (Lipinski definition) is 1. The van der Waals surface area contributed by atoms with Crippen LogP contribution in [0.15, 0.2) is 45.8 Å². The number of thioether (sulfide) groups is 1. The molecule has 5 heteroatoms. The molecule has 1 aliphatic rings. The molecule has 2 rings (SSSR count). The molecular weight excluding hydrogens is 286 g/mol. The standard InChI is InChI=1S/C16H19NO3S/c1-11(18)17-14-10-12(16(19)20-2)8-9-15(14)21-13-6-4-3-5-7-13/h3-7,12H,8-10H2,1-2H3,(H,17,18). The minimum atomic E-state index is -0.207. The Labute approximate surface area is 128 Å².